The number of piperidine rings is 1. The highest BCUT2D eigenvalue weighted by molar-refractivity contribution is 6.30. The fraction of sp³-hybridized carbons (Fsp3) is 0.742. The highest BCUT2D eigenvalue weighted by Gasteiger charge is 2.37. The summed E-state index contributed by atoms with van der Waals surface area (Å²) in [6, 6.07) is 8.38. The van der Waals surface area contributed by atoms with Crippen molar-refractivity contribution < 1.29 is 14.7 Å². The minimum absolute atomic E-state index is 0.147. The molecular weight excluding hydrogens is 512 g/mol. The smallest absolute Gasteiger partial charge is 0.320 e. The molecule has 3 amide bonds. The van der Waals surface area contributed by atoms with Crippen LogP contribution in [0.15, 0.2) is 24.3 Å². The summed E-state index contributed by atoms with van der Waals surface area (Å²) in [7, 11) is 0. The van der Waals surface area contributed by atoms with Crippen molar-refractivity contribution in [2.24, 2.45) is 0 Å². The Labute approximate surface area is 240 Å². The molecule has 2 aliphatic carbocycles. The van der Waals surface area contributed by atoms with Gasteiger partial charge in [0, 0.05) is 49.3 Å². The Kier molecular flexibility index (Phi) is 11.4. The van der Waals surface area contributed by atoms with Crippen molar-refractivity contribution in [2.75, 3.05) is 26.2 Å². The Bertz CT molecular complexity index is 903. The first-order valence-electron chi connectivity index (χ1n) is 15.4. The third kappa shape index (κ3) is 8.11. The lowest BCUT2D eigenvalue weighted by Crippen LogP contribution is -2.58. The van der Waals surface area contributed by atoms with Crippen molar-refractivity contribution in [3.05, 3.63) is 34.9 Å². The average molecular weight is 561 g/mol. The number of likely N-dealkylation sites (tertiary alicyclic amines) is 1. The molecule has 0 radical (unpaired) electrons. The van der Waals surface area contributed by atoms with E-state index in [0.29, 0.717) is 30.6 Å². The van der Waals surface area contributed by atoms with E-state index in [1.165, 1.54) is 19.3 Å². The maximum atomic E-state index is 13.9. The van der Waals surface area contributed by atoms with Gasteiger partial charge < -0.3 is 25.1 Å². The van der Waals surface area contributed by atoms with Crippen molar-refractivity contribution in [1.82, 2.24) is 20.0 Å². The maximum absolute atomic E-state index is 13.9. The second-order valence-electron chi connectivity index (χ2n) is 11.8. The van der Waals surface area contributed by atoms with Crippen LogP contribution in [0.2, 0.25) is 5.02 Å². The summed E-state index contributed by atoms with van der Waals surface area (Å²) in [5.41, 5.74) is 1.09. The molecule has 7 nitrogen and oxygen atoms in total. The van der Waals surface area contributed by atoms with Gasteiger partial charge in [0.15, 0.2) is 0 Å². The van der Waals surface area contributed by atoms with Crippen LogP contribution in [0.5, 0.6) is 0 Å². The van der Waals surface area contributed by atoms with E-state index in [2.05, 4.69) is 24.1 Å². The zero-order valence-corrected chi connectivity index (χ0v) is 24.7. The number of aliphatic hydroxyl groups excluding tert-OH is 1. The Hall–Kier alpha value is -1.83. The van der Waals surface area contributed by atoms with Crippen LogP contribution in [0.4, 0.5) is 4.79 Å². The molecule has 0 bridgehead atoms. The van der Waals surface area contributed by atoms with Crippen molar-refractivity contribution in [3.8, 4) is 0 Å². The Morgan fingerprint density at radius 2 is 1.51 bits per heavy atom. The largest absolute Gasteiger partial charge is 0.393 e. The summed E-state index contributed by atoms with van der Waals surface area (Å²) in [4.78, 5) is 33.7. The van der Waals surface area contributed by atoms with E-state index in [-0.39, 0.29) is 36.2 Å². The fourth-order valence-electron chi connectivity index (χ4n) is 6.81. The highest BCUT2D eigenvalue weighted by atomic mass is 35.5. The van der Waals surface area contributed by atoms with Crippen molar-refractivity contribution in [1.29, 1.82) is 0 Å². The van der Waals surface area contributed by atoms with Gasteiger partial charge in [-0.3, -0.25) is 4.79 Å². The van der Waals surface area contributed by atoms with E-state index in [1.807, 2.05) is 34.1 Å². The molecule has 2 saturated carbocycles. The monoisotopic (exact) mass is 560 g/mol. The van der Waals surface area contributed by atoms with Gasteiger partial charge in [0.1, 0.15) is 0 Å². The summed E-state index contributed by atoms with van der Waals surface area (Å²) in [5.74, 6) is 0.147. The number of benzene rings is 1. The quantitative estimate of drug-likeness (QED) is 0.433. The molecule has 4 rings (SSSR count). The molecule has 1 saturated heterocycles. The van der Waals surface area contributed by atoms with E-state index in [9.17, 15) is 14.7 Å². The Balaban J connectivity index is 1.43. The second-order valence-corrected chi connectivity index (χ2v) is 12.2. The van der Waals surface area contributed by atoms with E-state index >= 15 is 0 Å². The molecule has 2 N–H and O–H groups in total. The van der Waals surface area contributed by atoms with Gasteiger partial charge in [-0.2, -0.15) is 0 Å². The number of aliphatic hydroxyl groups is 1. The molecule has 1 atom stereocenters. The van der Waals surface area contributed by atoms with Gasteiger partial charge in [0.2, 0.25) is 5.91 Å². The molecule has 3 aliphatic rings. The summed E-state index contributed by atoms with van der Waals surface area (Å²) >= 11 is 6.11. The van der Waals surface area contributed by atoms with Gasteiger partial charge in [-0.25, -0.2) is 4.79 Å². The van der Waals surface area contributed by atoms with Gasteiger partial charge in [-0.05, 0) is 89.3 Å². The summed E-state index contributed by atoms with van der Waals surface area (Å²) in [6.45, 7) is 6.93. The van der Waals surface area contributed by atoms with E-state index in [0.717, 1.165) is 70.0 Å². The molecule has 218 valence electrons. The number of nitrogens with zero attached hydrogens (tertiary/aromatic N) is 3. The number of nitrogens with one attached hydrogen (secondary N) is 1. The minimum Gasteiger partial charge on any atom is -0.393 e. The molecule has 1 aliphatic heterocycles. The lowest BCUT2D eigenvalue weighted by molar-refractivity contribution is -0.135. The summed E-state index contributed by atoms with van der Waals surface area (Å²) in [6.07, 6.45) is 11.2. The van der Waals surface area contributed by atoms with E-state index in [4.69, 9.17) is 11.6 Å². The molecule has 0 aromatic heterocycles. The summed E-state index contributed by atoms with van der Waals surface area (Å²) < 4.78 is 0. The third-order valence-corrected chi connectivity index (χ3v) is 9.43. The van der Waals surface area contributed by atoms with Crippen molar-refractivity contribution in [3.63, 3.8) is 0 Å². The minimum atomic E-state index is -0.310. The maximum Gasteiger partial charge on any atom is 0.320 e. The Morgan fingerprint density at radius 1 is 0.923 bits per heavy atom. The van der Waals surface area contributed by atoms with Crippen LogP contribution in [0.3, 0.4) is 0 Å². The van der Waals surface area contributed by atoms with Gasteiger partial charge >= 0.3 is 6.03 Å². The van der Waals surface area contributed by atoms with Crippen molar-refractivity contribution in [2.45, 2.75) is 121 Å². The molecule has 1 heterocycles. The predicted octanol–water partition coefficient (Wildman–Crippen LogP) is 5.23. The average Bonchev–Trinajstić information content (AvgIpc) is 2.96. The number of halogens is 1. The molecule has 1 aromatic carbocycles. The number of amides is 3. The van der Waals surface area contributed by atoms with Gasteiger partial charge in [0.05, 0.1) is 12.1 Å². The zero-order valence-electron chi connectivity index (χ0n) is 24.0. The number of carbonyl (C=O) groups is 2. The number of rotatable bonds is 9. The Morgan fingerprint density at radius 3 is 2.10 bits per heavy atom. The molecule has 0 unspecified atom stereocenters. The van der Waals surface area contributed by atoms with Gasteiger partial charge in [0.25, 0.3) is 0 Å². The van der Waals surface area contributed by atoms with E-state index < -0.39 is 0 Å². The van der Waals surface area contributed by atoms with Crippen LogP contribution in [0.1, 0.15) is 90.0 Å². The number of carbonyl (C=O) groups excluding carboxylic acids is 2. The van der Waals surface area contributed by atoms with Crippen LogP contribution < -0.4 is 5.32 Å². The van der Waals surface area contributed by atoms with Gasteiger partial charge in [-0.15, -0.1) is 0 Å². The molecular formula is C31H49ClN4O3. The molecule has 0 spiro atoms. The summed E-state index contributed by atoms with van der Waals surface area (Å²) in [5, 5.41) is 14.3. The zero-order chi connectivity index (χ0) is 27.8. The third-order valence-electron chi connectivity index (χ3n) is 9.18. The fourth-order valence-corrected chi connectivity index (χ4v) is 6.94. The predicted molar refractivity (Wildman–Crippen MR) is 157 cm³/mol. The van der Waals surface area contributed by atoms with Crippen LogP contribution in [-0.4, -0.2) is 88.2 Å². The highest BCUT2D eigenvalue weighted by Crippen LogP contribution is 2.29. The molecule has 8 heteroatoms. The standard InChI is InChI=1S/C31H49ClN4O3/c1-3-34(4-2)31(39)36(26-8-6-5-7-9-26)27-18-20-35(21-19-27)30(38)29(22-23-10-12-24(32)13-11-23)33-25-14-16-28(37)17-15-25/h10-13,25-29,33,37H,3-9,14-22H2,1-2H3/t25?,28?,29-/m1/s1. The lowest BCUT2D eigenvalue weighted by Gasteiger charge is -2.45. The topological polar surface area (TPSA) is 76.1 Å². The molecule has 39 heavy (non-hydrogen) atoms. The van der Waals surface area contributed by atoms with Crippen LogP contribution in [-0.2, 0) is 11.2 Å². The van der Waals surface area contributed by atoms with Crippen molar-refractivity contribution >= 4 is 23.5 Å². The molecule has 1 aromatic rings. The molecule has 3 fully saturated rings. The van der Waals surface area contributed by atoms with Crippen LogP contribution in [0.25, 0.3) is 0 Å². The van der Waals surface area contributed by atoms with Gasteiger partial charge in [-0.1, -0.05) is 43.0 Å². The number of hydrogen-bond acceptors (Lipinski definition) is 4. The van der Waals surface area contributed by atoms with Crippen LogP contribution in [0, 0.1) is 0 Å². The first kappa shape index (κ1) is 30.1. The lowest BCUT2D eigenvalue weighted by atomic mass is 9.90. The SMILES string of the molecule is CCN(CC)C(=O)N(C1CCCCC1)C1CCN(C(=O)[C@@H](Cc2ccc(Cl)cc2)NC2CCC(O)CC2)CC1. The number of urea groups is 1. The first-order valence-corrected chi connectivity index (χ1v) is 15.8. The van der Waals surface area contributed by atoms with E-state index in [1.54, 1.807) is 0 Å². The first-order chi connectivity index (χ1) is 18.9. The van der Waals surface area contributed by atoms with Crippen LogP contribution >= 0.6 is 11.6 Å². The normalized spacial score (nSPS) is 23.8. The second kappa shape index (κ2) is 14.7. The number of hydrogen-bond donors (Lipinski definition) is 2.